The van der Waals surface area contributed by atoms with Gasteiger partial charge in [-0.3, -0.25) is 9.59 Å². The Morgan fingerprint density at radius 2 is 1.78 bits per heavy atom. The molecule has 12 heteroatoms. The number of benzene rings is 1. The van der Waals surface area contributed by atoms with Crippen molar-refractivity contribution < 1.29 is 27.4 Å². The van der Waals surface area contributed by atoms with Crippen LogP contribution >= 0.6 is 11.8 Å². The number of pyridine rings is 1. The Bertz CT molecular complexity index is 1220. The Balaban J connectivity index is 0.00000145. The number of rotatable bonds is 9. The number of hydrogen-bond donors (Lipinski definition) is 1. The zero-order chi connectivity index (χ0) is 26.7. The van der Waals surface area contributed by atoms with Crippen molar-refractivity contribution in [2.45, 2.75) is 37.6 Å². The number of halogens is 3. The molecule has 0 radical (unpaired) electrons. The second-order valence-corrected chi connectivity index (χ2v) is 8.39. The largest absolute Gasteiger partial charge is 0.493 e. The summed E-state index contributed by atoms with van der Waals surface area (Å²) in [6.45, 7) is 2.20. The second-order valence-electron chi connectivity index (χ2n) is 7.33. The number of thioether (sulfide) groups is 1. The SMILES string of the molecule is CCCCSc1nc(-c2ccc(=O)n(Cc3ccc(OC)c(OC)c3)c2)cc(C(F)(F)F)n1.NC=O. The highest BCUT2D eigenvalue weighted by atomic mass is 32.2. The highest BCUT2D eigenvalue weighted by molar-refractivity contribution is 7.99. The minimum absolute atomic E-state index is 0.0610. The topological polar surface area (TPSA) is 109 Å². The predicted molar refractivity (Wildman–Crippen MR) is 131 cm³/mol. The predicted octanol–water partition coefficient (Wildman–Crippen LogP) is 4.38. The summed E-state index contributed by atoms with van der Waals surface area (Å²) in [5.41, 5.74) is 4.12. The van der Waals surface area contributed by atoms with Crippen molar-refractivity contribution in [2.75, 3.05) is 20.0 Å². The molecule has 2 heterocycles. The maximum Gasteiger partial charge on any atom is 0.433 e. The lowest BCUT2D eigenvalue weighted by Gasteiger charge is -2.13. The fourth-order valence-electron chi connectivity index (χ4n) is 3.07. The van der Waals surface area contributed by atoms with Gasteiger partial charge in [0.25, 0.3) is 5.56 Å². The van der Waals surface area contributed by atoms with Gasteiger partial charge in [0.1, 0.15) is 5.69 Å². The highest BCUT2D eigenvalue weighted by Gasteiger charge is 2.34. The lowest BCUT2D eigenvalue weighted by molar-refractivity contribution is -0.141. The Labute approximate surface area is 210 Å². The van der Waals surface area contributed by atoms with Crippen molar-refractivity contribution in [2.24, 2.45) is 5.73 Å². The van der Waals surface area contributed by atoms with Crippen molar-refractivity contribution >= 4 is 18.2 Å². The van der Waals surface area contributed by atoms with Gasteiger partial charge in [0, 0.05) is 23.6 Å². The molecule has 3 rings (SSSR count). The van der Waals surface area contributed by atoms with Crippen molar-refractivity contribution in [1.29, 1.82) is 0 Å². The highest BCUT2D eigenvalue weighted by Crippen LogP contribution is 2.32. The average molecular weight is 525 g/mol. The van der Waals surface area contributed by atoms with Crippen LogP contribution in [0.2, 0.25) is 0 Å². The zero-order valence-electron chi connectivity index (χ0n) is 20.0. The van der Waals surface area contributed by atoms with E-state index in [0.717, 1.165) is 24.5 Å². The number of amides is 1. The van der Waals surface area contributed by atoms with Gasteiger partial charge in [-0.05, 0) is 36.2 Å². The summed E-state index contributed by atoms with van der Waals surface area (Å²) < 4.78 is 52.3. The molecule has 3 aromatic rings. The van der Waals surface area contributed by atoms with E-state index in [9.17, 15) is 18.0 Å². The van der Waals surface area contributed by atoms with E-state index >= 15 is 0 Å². The van der Waals surface area contributed by atoms with Gasteiger partial charge < -0.3 is 19.8 Å². The molecule has 1 aromatic carbocycles. The van der Waals surface area contributed by atoms with Gasteiger partial charge in [0.05, 0.1) is 26.5 Å². The number of nitrogens with zero attached hydrogens (tertiary/aromatic N) is 3. The molecule has 0 aliphatic carbocycles. The summed E-state index contributed by atoms with van der Waals surface area (Å²) in [5, 5.41) is 0.0610. The minimum atomic E-state index is -4.61. The number of ether oxygens (including phenoxy) is 2. The van der Waals surface area contributed by atoms with Crippen LogP contribution in [0.1, 0.15) is 31.0 Å². The van der Waals surface area contributed by atoms with Crippen molar-refractivity contribution in [3.05, 3.63) is 64.2 Å². The molecule has 2 N–H and O–H groups in total. The van der Waals surface area contributed by atoms with E-state index in [0.29, 0.717) is 22.8 Å². The van der Waals surface area contributed by atoms with Crippen LogP contribution in [0, 0.1) is 0 Å². The summed E-state index contributed by atoms with van der Waals surface area (Å²) in [5.74, 6) is 1.69. The van der Waals surface area contributed by atoms with Gasteiger partial charge in [-0.25, -0.2) is 9.97 Å². The second kappa shape index (κ2) is 13.5. The van der Waals surface area contributed by atoms with Crippen molar-refractivity contribution in [3.63, 3.8) is 0 Å². The van der Waals surface area contributed by atoms with Crippen LogP contribution in [0.4, 0.5) is 13.2 Å². The van der Waals surface area contributed by atoms with Crippen LogP contribution < -0.4 is 20.8 Å². The third-order valence-electron chi connectivity index (χ3n) is 4.81. The van der Waals surface area contributed by atoms with Crippen molar-refractivity contribution in [1.82, 2.24) is 14.5 Å². The van der Waals surface area contributed by atoms with Crippen molar-refractivity contribution in [3.8, 4) is 22.8 Å². The number of aromatic nitrogens is 3. The molecular weight excluding hydrogens is 497 g/mol. The van der Waals surface area contributed by atoms with Crippen LogP contribution in [0.25, 0.3) is 11.3 Å². The van der Waals surface area contributed by atoms with E-state index in [2.05, 4.69) is 15.7 Å². The van der Waals surface area contributed by atoms with Gasteiger partial charge in [-0.1, -0.05) is 31.2 Å². The molecule has 1 amide bonds. The molecule has 0 spiro atoms. The van der Waals surface area contributed by atoms with Crippen LogP contribution in [0.3, 0.4) is 0 Å². The fraction of sp³-hybridized carbons (Fsp3) is 0.333. The molecule has 8 nitrogen and oxygen atoms in total. The Morgan fingerprint density at radius 1 is 1.08 bits per heavy atom. The van der Waals surface area contributed by atoms with E-state index < -0.39 is 11.9 Å². The molecule has 2 aromatic heterocycles. The Kier molecular flexibility index (Phi) is 10.8. The maximum atomic E-state index is 13.4. The van der Waals surface area contributed by atoms with Gasteiger partial charge in [-0.2, -0.15) is 13.2 Å². The number of hydrogen-bond acceptors (Lipinski definition) is 7. The number of methoxy groups -OCH3 is 2. The monoisotopic (exact) mass is 524 g/mol. The van der Waals surface area contributed by atoms with Crippen LogP contribution in [-0.2, 0) is 17.5 Å². The number of carbonyl (C=O) groups excluding carboxylic acids is 1. The molecule has 0 saturated heterocycles. The molecule has 194 valence electrons. The zero-order valence-corrected chi connectivity index (χ0v) is 20.9. The first kappa shape index (κ1) is 28.7. The molecular formula is C24H27F3N4O4S. The normalized spacial score (nSPS) is 10.8. The van der Waals surface area contributed by atoms with Gasteiger partial charge in [-0.15, -0.1) is 0 Å². The summed E-state index contributed by atoms with van der Waals surface area (Å²) in [7, 11) is 3.04. The van der Waals surface area contributed by atoms with E-state index in [1.807, 2.05) is 6.92 Å². The molecule has 0 bridgehead atoms. The molecule has 0 aliphatic heterocycles. The molecule has 0 saturated carbocycles. The summed E-state index contributed by atoms with van der Waals surface area (Å²) >= 11 is 1.19. The van der Waals surface area contributed by atoms with E-state index in [-0.39, 0.29) is 29.4 Å². The Morgan fingerprint density at radius 3 is 2.39 bits per heavy atom. The lowest BCUT2D eigenvalue weighted by atomic mass is 10.1. The molecule has 0 fully saturated rings. The van der Waals surface area contributed by atoms with Gasteiger partial charge in [0.15, 0.2) is 16.7 Å². The van der Waals surface area contributed by atoms with Gasteiger partial charge in [0.2, 0.25) is 6.41 Å². The number of nitrogens with two attached hydrogens (primary N) is 1. The number of unbranched alkanes of at least 4 members (excludes halogenated alkanes) is 1. The first-order valence-corrected chi connectivity index (χ1v) is 11.8. The lowest BCUT2D eigenvalue weighted by Crippen LogP contribution is -2.19. The van der Waals surface area contributed by atoms with E-state index in [1.165, 1.54) is 48.9 Å². The third kappa shape index (κ3) is 8.01. The first-order chi connectivity index (χ1) is 17.2. The van der Waals surface area contributed by atoms with E-state index in [4.69, 9.17) is 14.3 Å². The Hall–Kier alpha value is -3.54. The smallest absolute Gasteiger partial charge is 0.433 e. The average Bonchev–Trinajstić information content (AvgIpc) is 2.85. The summed E-state index contributed by atoms with van der Waals surface area (Å²) in [6, 6.07) is 8.95. The molecule has 0 atom stereocenters. The maximum absolute atomic E-state index is 13.4. The van der Waals surface area contributed by atoms with Crippen LogP contribution in [-0.4, -0.2) is 40.9 Å². The fourth-order valence-corrected chi connectivity index (χ4v) is 4.01. The quantitative estimate of drug-likeness (QED) is 0.191. The van der Waals surface area contributed by atoms with Gasteiger partial charge >= 0.3 is 6.18 Å². The first-order valence-electron chi connectivity index (χ1n) is 10.8. The standard InChI is InChI=1S/C23H24F3N3O3S.CH3NO/c1-4-5-10-33-22-27-17(12-20(28-22)23(24,25)26)16-7-9-21(30)29(14-16)13-15-6-8-18(31-2)19(11-15)32-3;2-1-3/h6-9,11-12,14H,4-5,10,13H2,1-3H3;1H,(H2,2,3). The molecule has 36 heavy (non-hydrogen) atoms. The number of carbonyl (C=O) groups is 1. The van der Waals surface area contributed by atoms with E-state index in [1.54, 1.807) is 18.2 Å². The van der Waals surface area contributed by atoms with Crippen LogP contribution in [0.5, 0.6) is 11.5 Å². The number of primary amides is 1. The van der Waals surface area contributed by atoms with Crippen LogP contribution in [0.15, 0.2) is 52.5 Å². The minimum Gasteiger partial charge on any atom is -0.493 e. The molecule has 0 unspecified atom stereocenters. The summed E-state index contributed by atoms with van der Waals surface area (Å²) in [4.78, 5) is 29.0. The summed E-state index contributed by atoms with van der Waals surface area (Å²) in [6.07, 6.45) is -1.09. The third-order valence-corrected chi connectivity index (χ3v) is 5.74. The molecule has 0 aliphatic rings. The number of alkyl halides is 3.